The molecule has 8 unspecified atom stereocenters. The molecule has 4 saturated carbocycles. The molecule has 9 rings (SSSR count). The molecule has 0 heterocycles. The molecule has 6 bridgehead atoms. The fourth-order valence-corrected chi connectivity index (χ4v) is 16.0. The van der Waals surface area contributed by atoms with E-state index in [1.54, 1.807) is 16.4 Å². The predicted molar refractivity (Wildman–Crippen MR) is 178 cm³/mol. The predicted octanol–water partition coefficient (Wildman–Crippen LogP) is 10.9. The van der Waals surface area contributed by atoms with Crippen molar-refractivity contribution in [3.63, 3.8) is 0 Å². The largest absolute Gasteiger partial charge is 0.371 e. The molecule has 8 aliphatic carbocycles. The lowest BCUT2D eigenvalue weighted by Crippen LogP contribution is -2.30. The van der Waals surface area contributed by atoms with Crippen molar-refractivity contribution in [1.29, 1.82) is 0 Å². The number of fused-ring (bicyclic) bond motifs is 6. The van der Waals surface area contributed by atoms with E-state index < -0.39 is 7.14 Å². The minimum Gasteiger partial charge on any atom is -0.0851 e. The first kappa shape index (κ1) is 27.2. The van der Waals surface area contributed by atoms with E-state index in [0.29, 0.717) is 0 Å². The molecule has 2 heteroatoms. The third-order valence-electron chi connectivity index (χ3n) is 13.0. The summed E-state index contributed by atoms with van der Waals surface area (Å²) in [6.45, 7) is 0. The van der Waals surface area contributed by atoms with Crippen molar-refractivity contribution in [2.75, 3.05) is 0 Å². The molecule has 2 radical (unpaired) electrons. The Morgan fingerprint density at radius 1 is 0.537 bits per heavy atom. The second kappa shape index (κ2) is 11.3. The van der Waals surface area contributed by atoms with Gasteiger partial charge in [0, 0.05) is 5.92 Å². The van der Waals surface area contributed by atoms with Crippen LogP contribution in [0, 0.1) is 35.5 Å². The summed E-state index contributed by atoms with van der Waals surface area (Å²) in [6.07, 6.45) is 38.7. The van der Waals surface area contributed by atoms with E-state index >= 15 is 0 Å². The molecule has 0 nitrogen and oxygen atoms in total. The zero-order valence-corrected chi connectivity index (χ0v) is 26.1. The average Bonchev–Trinajstić information content (AvgIpc) is 3.90. The van der Waals surface area contributed by atoms with Gasteiger partial charge in [0.15, 0.2) is 0 Å². The number of rotatable bonds is 5. The molecule has 214 valence electrons. The van der Waals surface area contributed by atoms with Crippen LogP contribution in [0.15, 0.2) is 72.1 Å². The summed E-state index contributed by atoms with van der Waals surface area (Å²) in [5, 5.41) is 1.77. The highest BCUT2D eigenvalue weighted by molar-refractivity contribution is 8.01. The fraction of sp³-hybridized carbons (Fsp3) is 0.641. The van der Waals surface area contributed by atoms with E-state index in [-0.39, 0.29) is 0 Å². The highest BCUT2D eigenvalue weighted by Gasteiger charge is 2.54. The van der Waals surface area contributed by atoms with Crippen LogP contribution in [-0.4, -0.2) is 18.9 Å². The molecule has 0 N–H and O–H groups in total. The molecule has 1 aromatic carbocycles. The van der Waals surface area contributed by atoms with Crippen molar-refractivity contribution < 1.29 is 0 Å². The van der Waals surface area contributed by atoms with E-state index in [2.05, 4.69) is 66.8 Å². The van der Waals surface area contributed by atoms with Gasteiger partial charge in [0.05, 0.1) is 16.6 Å². The molecule has 0 aromatic heterocycles. The van der Waals surface area contributed by atoms with Crippen molar-refractivity contribution in [2.45, 2.75) is 119 Å². The van der Waals surface area contributed by atoms with Gasteiger partial charge in [-0.1, -0.05) is 73.6 Å². The monoisotopic (exact) mass is 561 g/mol. The van der Waals surface area contributed by atoms with Crippen LogP contribution in [0.3, 0.4) is 0 Å². The Hall–Kier alpha value is -1.33. The van der Waals surface area contributed by atoms with Crippen molar-refractivity contribution >= 4 is 14.7 Å². The Labute approximate surface area is 252 Å². The van der Waals surface area contributed by atoms with Gasteiger partial charge in [-0.15, -0.1) is 0 Å². The second-order valence-electron chi connectivity index (χ2n) is 15.3. The van der Waals surface area contributed by atoms with Crippen LogP contribution in [-0.2, 0) is 0 Å². The molecule has 8 atom stereocenters. The molecular weight excluding hydrogens is 510 g/mol. The third-order valence-corrected chi connectivity index (χ3v) is 17.9. The summed E-state index contributed by atoms with van der Waals surface area (Å²) < 4.78 is 0. The van der Waals surface area contributed by atoms with Gasteiger partial charge in [-0.2, -0.15) is 0 Å². The topological polar surface area (TPSA) is 0 Å². The Balaban J connectivity index is 0.000000125. The zero-order valence-electron chi connectivity index (χ0n) is 25.3. The van der Waals surface area contributed by atoms with Crippen molar-refractivity contribution in [3.8, 4) is 0 Å². The molecule has 4 fully saturated rings. The van der Waals surface area contributed by atoms with E-state index in [4.69, 9.17) is 7.57 Å². The number of allylic oxidation sites excluding steroid dienone is 8. The molecule has 8 aliphatic rings. The average molecular weight is 562 g/mol. The summed E-state index contributed by atoms with van der Waals surface area (Å²) in [5.74, 6) is 6.49. The van der Waals surface area contributed by atoms with Gasteiger partial charge in [-0.3, -0.25) is 0 Å². The highest BCUT2D eigenvalue weighted by atomic mass is 31.2. The summed E-state index contributed by atoms with van der Waals surface area (Å²) in [6, 6.07) is 9.74. The first-order valence-electron chi connectivity index (χ1n) is 17.7. The van der Waals surface area contributed by atoms with Crippen LogP contribution < -0.4 is 0 Å². The van der Waals surface area contributed by atoms with Crippen LogP contribution >= 0.6 is 7.14 Å². The van der Waals surface area contributed by atoms with Gasteiger partial charge in [-0.05, 0) is 149 Å². The van der Waals surface area contributed by atoms with E-state index in [0.717, 1.165) is 58.7 Å². The lowest BCUT2D eigenvalue weighted by atomic mass is 9.83. The maximum Gasteiger partial charge on any atom is 0.371 e. The summed E-state index contributed by atoms with van der Waals surface area (Å²) in [7, 11) is 6.05. The van der Waals surface area contributed by atoms with Gasteiger partial charge >= 0.3 is 7.57 Å². The smallest absolute Gasteiger partial charge is 0.0851 e. The molecule has 41 heavy (non-hydrogen) atoms. The molecule has 0 saturated heterocycles. The van der Waals surface area contributed by atoms with Gasteiger partial charge in [0.2, 0.25) is 0 Å². The number of hydrogen-bond acceptors (Lipinski definition) is 0. The van der Waals surface area contributed by atoms with Crippen LogP contribution in [0.2, 0.25) is 0 Å². The lowest BCUT2D eigenvalue weighted by molar-refractivity contribution is 0.483. The number of benzene rings is 1. The standard InChI is InChI=1S/C20H22.C19H29BP/c1-3-17-9-13(1)11-19(17)15-5-7-16(8-6-15)20-12-14-2-4-18(20)10-14;20-21(17-7-3-1-4-8-17,18-9-5-2-6-10-18)19-14-15-11-12-16(19)13-15/h1-8,13-14,17-20H,9-12H2;11-12,14-18H,1-10,13H2/q;+1. The first-order chi connectivity index (χ1) is 20.1. The summed E-state index contributed by atoms with van der Waals surface area (Å²) in [5.41, 5.74) is 4.91. The molecule has 0 amide bonds. The molecule has 0 aliphatic heterocycles. The van der Waals surface area contributed by atoms with Gasteiger partial charge in [0.25, 0.3) is 0 Å². The molecule has 1 aromatic rings. The Kier molecular flexibility index (Phi) is 7.51. The Morgan fingerprint density at radius 2 is 1.05 bits per heavy atom. The van der Waals surface area contributed by atoms with Gasteiger partial charge in [-0.25, -0.2) is 0 Å². The SMILES string of the molecule is C1=CC2CC1CC2c1ccc(C2CC3C=CC2C3)cc1.[B][P+](C1=CC2C=CC1C2)(C1CCCCC1)C1CCCCC1. The fourth-order valence-electron chi connectivity index (χ4n) is 10.9. The normalized spacial score (nSPS) is 39.0. The summed E-state index contributed by atoms with van der Waals surface area (Å²) >= 11 is 0. The third kappa shape index (κ3) is 5.03. The highest BCUT2D eigenvalue weighted by Crippen LogP contribution is 2.77. The van der Waals surface area contributed by atoms with Crippen LogP contribution in [0.1, 0.15) is 119 Å². The Bertz CT molecular complexity index is 1140. The number of hydrogen-bond donors (Lipinski definition) is 0. The maximum absolute atomic E-state index is 7.45. The van der Waals surface area contributed by atoms with E-state index in [1.165, 1.54) is 96.3 Å². The minimum absolute atomic E-state index is 0.734. The van der Waals surface area contributed by atoms with Crippen molar-refractivity contribution in [3.05, 3.63) is 83.2 Å². The van der Waals surface area contributed by atoms with Crippen LogP contribution in [0.4, 0.5) is 0 Å². The Morgan fingerprint density at radius 3 is 1.41 bits per heavy atom. The van der Waals surface area contributed by atoms with E-state index in [1.807, 2.05) is 0 Å². The molecule has 0 spiro atoms. The van der Waals surface area contributed by atoms with Crippen LogP contribution in [0.5, 0.6) is 0 Å². The minimum atomic E-state index is -1.40. The van der Waals surface area contributed by atoms with Gasteiger partial charge in [0.1, 0.15) is 0 Å². The van der Waals surface area contributed by atoms with E-state index in [9.17, 15) is 0 Å². The summed E-state index contributed by atoms with van der Waals surface area (Å²) in [4.78, 5) is 0. The first-order valence-corrected chi connectivity index (χ1v) is 19.7. The quantitative estimate of drug-likeness (QED) is 0.191. The van der Waals surface area contributed by atoms with Crippen LogP contribution in [0.25, 0.3) is 0 Å². The maximum atomic E-state index is 7.45. The van der Waals surface area contributed by atoms with Crippen molar-refractivity contribution in [2.24, 2.45) is 35.5 Å². The second-order valence-corrected chi connectivity index (χ2v) is 19.0. The lowest BCUT2D eigenvalue weighted by Gasteiger charge is -2.43. The van der Waals surface area contributed by atoms with Gasteiger partial charge < -0.3 is 0 Å². The van der Waals surface area contributed by atoms with Crippen molar-refractivity contribution in [1.82, 2.24) is 0 Å². The molecular formula is C39H51BP+. The zero-order chi connectivity index (χ0) is 27.4.